The van der Waals surface area contributed by atoms with Crippen molar-refractivity contribution in [1.29, 1.82) is 0 Å². The summed E-state index contributed by atoms with van der Waals surface area (Å²) in [7, 11) is 0. The summed E-state index contributed by atoms with van der Waals surface area (Å²) in [4.78, 5) is 0. The molecule has 1 aliphatic rings. The molecule has 0 N–H and O–H groups in total. The second-order valence-electron chi connectivity index (χ2n) is 6.78. The fraction of sp³-hybridized carbons (Fsp3) is 0.0833. The molecule has 0 heteroatoms. The molecule has 0 bridgehead atoms. The average Bonchev–Trinajstić information content (AvgIpc) is 2.91. The van der Waals surface area contributed by atoms with Crippen molar-refractivity contribution >= 4 is 10.8 Å². The lowest BCUT2D eigenvalue weighted by atomic mass is 9.74. The Labute approximate surface area is 142 Å². The van der Waals surface area contributed by atoms with Crippen molar-refractivity contribution in [3.05, 3.63) is 108 Å². The summed E-state index contributed by atoms with van der Waals surface area (Å²) < 4.78 is 0. The van der Waals surface area contributed by atoms with Crippen molar-refractivity contribution in [2.75, 3.05) is 0 Å². The Balaban J connectivity index is 1.92. The molecule has 5 rings (SSSR count). The number of rotatable bonds is 1. The third-order valence-electron chi connectivity index (χ3n) is 5.53. The van der Waals surface area contributed by atoms with Crippen LogP contribution in [0.3, 0.4) is 0 Å². The van der Waals surface area contributed by atoms with E-state index in [1.807, 2.05) is 0 Å². The van der Waals surface area contributed by atoms with E-state index in [4.69, 9.17) is 0 Å². The molecule has 0 heterocycles. The molecule has 0 nitrogen and oxygen atoms in total. The van der Waals surface area contributed by atoms with Gasteiger partial charge in [-0.2, -0.15) is 0 Å². The van der Waals surface area contributed by atoms with Gasteiger partial charge in [0.15, 0.2) is 0 Å². The fourth-order valence-corrected chi connectivity index (χ4v) is 4.26. The molecule has 1 unspecified atom stereocenters. The molecule has 0 fully saturated rings. The molecule has 0 aromatic heterocycles. The van der Waals surface area contributed by atoms with Crippen LogP contribution in [0.25, 0.3) is 21.9 Å². The van der Waals surface area contributed by atoms with Crippen molar-refractivity contribution in [3.8, 4) is 11.1 Å². The Kier molecular flexibility index (Phi) is 2.72. The van der Waals surface area contributed by atoms with Crippen LogP contribution in [0, 0.1) is 0 Å². The van der Waals surface area contributed by atoms with Crippen LogP contribution in [0.5, 0.6) is 0 Å². The summed E-state index contributed by atoms with van der Waals surface area (Å²) in [5, 5.41) is 2.62. The Hall–Kier alpha value is -2.86. The summed E-state index contributed by atoms with van der Waals surface area (Å²) in [5.74, 6) is 0. The molecule has 0 aliphatic heterocycles. The van der Waals surface area contributed by atoms with Gasteiger partial charge in [0.25, 0.3) is 0 Å². The molecule has 0 amide bonds. The van der Waals surface area contributed by atoms with Gasteiger partial charge >= 0.3 is 0 Å². The van der Waals surface area contributed by atoms with Gasteiger partial charge in [0.05, 0.1) is 0 Å². The van der Waals surface area contributed by atoms with E-state index in [0.29, 0.717) is 0 Å². The summed E-state index contributed by atoms with van der Waals surface area (Å²) in [6, 6.07) is 33.1. The molecule has 1 aliphatic carbocycles. The Bertz CT molecular complexity index is 1060. The lowest BCUT2D eigenvalue weighted by Gasteiger charge is -2.28. The molecular formula is C24H18. The predicted molar refractivity (Wildman–Crippen MR) is 101 cm³/mol. The summed E-state index contributed by atoms with van der Waals surface area (Å²) in [6.45, 7) is 2.36. The minimum absolute atomic E-state index is 0.1000. The van der Waals surface area contributed by atoms with Gasteiger partial charge in [-0.15, -0.1) is 0 Å². The first-order valence-electron chi connectivity index (χ1n) is 8.47. The average molecular weight is 306 g/mol. The Morgan fingerprint density at radius 3 is 1.96 bits per heavy atom. The zero-order valence-corrected chi connectivity index (χ0v) is 13.7. The van der Waals surface area contributed by atoms with E-state index >= 15 is 0 Å². The summed E-state index contributed by atoms with van der Waals surface area (Å²) in [6.07, 6.45) is 0. The molecule has 114 valence electrons. The molecule has 0 saturated heterocycles. The van der Waals surface area contributed by atoms with Crippen LogP contribution in [0.15, 0.2) is 91.0 Å². The quantitative estimate of drug-likeness (QED) is 0.394. The molecule has 4 aromatic carbocycles. The summed E-state index contributed by atoms with van der Waals surface area (Å²) >= 11 is 0. The first-order chi connectivity index (χ1) is 11.8. The van der Waals surface area contributed by atoms with Crippen molar-refractivity contribution in [1.82, 2.24) is 0 Å². The molecule has 1 atom stereocenters. The van der Waals surface area contributed by atoms with Crippen LogP contribution < -0.4 is 0 Å². The zero-order chi connectivity index (χ0) is 16.1. The molecule has 0 radical (unpaired) electrons. The second kappa shape index (κ2) is 4.82. The van der Waals surface area contributed by atoms with Gasteiger partial charge in [0.1, 0.15) is 0 Å². The lowest BCUT2D eigenvalue weighted by molar-refractivity contribution is 0.715. The van der Waals surface area contributed by atoms with Crippen LogP contribution in [0.1, 0.15) is 23.6 Å². The lowest BCUT2D eigenvalue weighted by Crippen LogP contribution is -2.22. The third-order valence-corrected chi connectivity index (χ3v) is 5.53. The number of hydrogen-bond acceptors (Lipinski definition) is 0. The monoisotopic (exact) mass is 306 g/mol. The van der Waals surface area contributed by atoms with E-state index in [1.165, 1.54) is 38.6 Å². The normalized spacial score (nSPS) is 18.4. The largest absolute Gasteiger partial charge is 0.0622 e. The first-order valence-corrected chi connectivity index (χ1v) is 8.47. The van der Waals surface area contributed by atoms with Crippen LogP contribution in [-0.4, -0.2) is 0 Å². The number of hydrogen-bond donors (Lipinski definition) is 0. The van der Waals surface area contributed by atoms with E-state index in [2.05, 4.69) is 97.9 Å². The van der Waals surface area contributed by atoms with Crippen molar-refractivity contribution in [2.24, 2.45) is 0 Å². The zero-order valence-electron chi connectivity index (χ0n) is 13.7. The van der Waals surface area contributed by atoms with E-state index in [-0.39, 0.29) is 5.41 Å². The maximum atomic E-state index is 2.39. The maximum absolute atomic E-state index is 2.39. The second-order valence-corrected chi connectivity index (χ2v) is 6.78. The highest BCUT2D eigenvalue weighted by molar-refractivity contribution is 5.94. The van der Waals surface area contributed by atoms with Gasteiger partial charge in [-0.3, -0.25) is 0 Å². The smallest absolute Gasteiger partial charge is 0.0435 e. The molecule has 24 heavy (non-hydrogen) atoms. The highest BCUT2D eigenvalue weighted by atomic mass is 14.4. The molecule has 0 saturated carbocycles. The van der Waals surface area contributed by atoms with E-state index in [9.17, 15) is 0 Å². The highest BCUT2D eigenvalue weighted by Gasteiger charge is 2.40. The molecule has 0 spiro atoms. The third kappa shape index (κ3) is 1.68. The van der Waals surface area contributed by atoms with Crippen LogP contribution in [0.4, 0.5) is 0 Å². The van der Waals surface area contributed by atoms with Gasteiger partial charge in [-0.1, -0.05) is 78.9 Å². The molecular weight excluding hydrogens is 288 g/mol. The number of fused-ring (bicyclic) bond motifs is 4. The van der Waals surface area contributed by atoms with Gasteiger partial charge in [0.2, 0.25) is 0 Å². The van der Waals surface area contributed by atoms with Gasteiger partial charge in [-0.25, -0.2) is 0 Å². The maximum Gasteiger partial charge on any atom is 0.0435 e. The minimum Gasteiger partial charge on any atom is -0.0622 e. The van der Waals surface area contributed by atoms with Crippen molar-refractivity contribution in [2.45, 2.75) is 12.3 Å². The van der Waals surface area contributed by atoms with Crippen molar-refractivity contribution < 1.29 is 0 Å². The van der Waals surface area contributed by atoms with E-state index < -0.39 is 0 Å². The van der Waals surface area contributed by atoms with Gasteiger partial charge < -0.3 is 0 Å². The van der Waals surface area contributed by atoms with Crippen molar-refractivity contribution in [3.63, 3.8) is 0 Å². The Morgan fingerprint density at radius 1 is 0.542 bits per heavy atom. The number of benzene rings is 4. The standard InChI is InChI=1S/C24H18/c1-24(19-11-3-2-4-12-19)22-14-8-7-13-20(22)21-15-17-9-5-6-10-18(17)16-23(21)24/h2-16H,1H3. The Morgan fingerprint density at radius 2 is 1.17 bits per heavy atom. The first kappa shape index (κ1) is 13.6. The van der Waals surface area contributed by atoms with Gasteiger partial charge in [0, 0.05) is 5.41 Å². The summed E-state index contributed by atoms with van der Waals surface area (Å²) in [5.41, 5.74) is 6.80. The van der Waals surface area contributed by atoms with Crippen LogP contribution in [-0.2, 0) is 5.41 Å². The van der Waals surface area contributed by atoms with E-state index in [1.54, 1.807) is 0 Å². The van der Waals surface area contributed by atoms with Gasteiger partial charge in [-0.05, 0) is 57.6 Å². The van der Waals surface area contributed by atoms with E-state index in [0.717, 1.165) is 0 Å². The predicted octanol–water partition coefficient (Wildman–Crippen LogP) is 6.17. The topological polar surface area (TPSA) is 0 Å². The molecule has 4 aromatic rings. The fourth-order valence-electron chi connectivity index (χ4n) is 4.26. The SMILES string of the molecule is CC1(c2ccccc2)c2ccccc2-c2cc3ccccc3cc21. The highest BCUT2D eigenvalue weighted by Crippen LogP contribution is 2.53. The van der Waals surface area contributed by atoms with Crippen LogP contribution in [0.2, 0.25) is 0 Å². The minimum atomic E-state index is -0.1000. The van der Waals surface area contributed by atoms with Crippen LogP contribution >= 0.6 is 0 Å².